The van der Waals surface area contributed by atoms with E-state index in [2.05, 4.69) is 25.6 Å². The number of nitrogens with one attached hydrogen (secondary N) is 2. The second-order valence-electron chi connectivity index (χ2n) is 9.07. The Labute approximate surface area is 210 Å². The standard InChI is InChI=1S/C24H31N7O4S/c1-16(2)36(33,34)15-20-11-22(31-9-10-35-14-17(31)3)29-23(26-20)18-5-7-19(8-6-18)27-24(32)28-21-12-25-30(4)13-21/h5-8,11-13,16-17H,9-10,14-15H2,1-4H3,(H2,27,28,32)/t17-/m0/s1. The average molecular weight is 514 g/mol. The van der Waals surface area contributed by atoms with Gasteiger partial charge in [-0.2, -0.15) is 5.10 Å². The SMILES string of the molecule is CC(C)S(=O)(=O)Cc1cc(N2CCOC[C@@H]2C)nc(-c2ccc(NC(=O)Nc3cnn(C)c3)cc2)n1. The summed E-state index contributed by atoms with van der Waals surface area (Å²) in [4.78, 5) is 23.7. The number of morpholine rings is 1. The molecule has 0 radical (unpaired) electrons. The first-order chi connectivity index (χ1) is 17.1. The molecular formula is C24H31N7O4S. The van der Waals surface area contributed by atoms with Crippen LogP contribution in [0.3, 0.4) is 0 Å². The highest BCUT2D eigenvalue weighted by molar-refractivity contribution is 7.91. The Morgan fingerprint density at radius 3 is 2.53 bits per heavy atom. The number of hydrogen-bond acceptors (Lipinski definition) is 8. The lowest BCUT2D eigenvalue weighted by Gasteiger charge is -2.34. The summed E-state index contributed by atoms with van der Waals surface area (Å²) < 4.78 is 32.4. The van der Waals surface area contributed by atoms with Crippen LogP contribution in [0.25, 0.3) is 11.4 Å². The quantitative estimate of drug-likeness (QED) is 0.493. The summed E-state index contributed by atoms with van der Waals surface area (Å²) in [6, 6.07) is 8.54. The van der Waals surface area contributed by atoms with Crippen LogP contribution in [0.2, 0.25) is 0 Å². The van der Waals surface area contributed by atoms with E-state index < -0.39 is 21.1 Å². The van der Waals surface area contributed by atoms with Crippen LogP contribution in [0.1, 0.15) is 26.5 Å². The molecule has 3 aromatic rings. The number of carbonyl (C=O) groups excluding carboxylic acids is 1. The van der Waals surface area contributed by atoms with E-state index in [0.29, 0.717) is 54.0 Å². The van der Waals surface area contributed by atoms with Gasteiger partial charge in [0.15, 0.2) is 15.7 Å². The van der Waals surface area contributed by atoms with Crippen LogP contribution >= 0.6 is 0 Å². The highest BCUT2D eigenvalue weighted by Gasteiger charge is 2.24. The van der Waals surface area contributed by atoms with Crippen molar-refractivity contribution in [2.24, 2.45) is 7.05 Å². The Kier molecular flexibility index (Phi) is 7.55. The molecule has 1 atom stereocenters. The molecule has 2 amide bonds. The van der Waals surface area contributed by atoms with E-state index in [9.17, 15) is 13.2 Å². The van der Waals surface area contributed by atoms with Crippen molar-refractivity contribution in [1.82, 2.24) is 19.7 Å². The number of ether oxygens (including phenoxy) is 1. The van der Waals surface area contributed by atoms with Gasteiger partial charge in [0.05, 0.1) is 47.8 Å². The Hall–Kier alpha value is -3.51. The number of urea groups is 1. The molecule has 0 spiro atoms. The summed E-state index contributed by atoms with van der Waals surface area (Å²) in [7, 11) is -1.58. The Balaban J connectivity index is 1.58. The van der Waals surface area contributed by atoms with Crippen molar-refractivity contribution in [2.45, 2.75) is 37.8 Å². The fourth-order valence-electron chi connectivity index (χ4n) is 3.76. The fraction of sp³-hybridized carbons (Fsp3) is 0.417. The number of carbonyl (C=O) groups is 1. The number of amides is 2. The minimum absolute atomic E-state index is 0.0981. The topological polar surface area (TPSA) is 131 Å². The zero-order valence-electron chi connectivity index (χ0n) is 20.8. The minimum atomic E-state index is -3.35. The summed E-state index contributed by atoms with van der Waals surface area (Å²) in [5.41, 5.74) is 2.32. The van der Waals surface area contributed by atoms with Gasteiger partial charge in [0, 0.05) is 37.1 Å². The molecule has 0 saturated carbocycles. The monoisotopic (exact) mass is 513 g/mol. The molecular weight excluding hydrogens is 482 g/mol. The first-order valence-electron chi connectivity index (χ1n) is 11.7. The minimum Gasteiger partial charge on any atom is -0.377 e. The molecule has 0 aliphatic carbocycles. The predicted molar refractivity (Wildman–Crippen MR) is 139 cm³/mol. The molecule has 36 heavy (non-hydrogen) atoms. The van der Waals surface area contributed by atoms with E-state index in [1.807, 2.05) is 6.92 Å². The van der Waals surface area contributed by atoms with Gasteiger partial charge >= 0.3 is 6.03 Å². The van der Waals surface area contributed by atoms with Gasteiger partial charge in [-0.05, 0) is 45.0 Å². The number of aromatic nitrogens is 4. The van der Waals surface area contributed by atoms with Crippen LogP contribution in [0.4, 0.5) is 22.0 Å². The highest BCUT2D eigenvalue weighted by atomic mass is 32.2. The van der Waals surface area contributed by atoms with Crippen LogP contribution < -0.4 is 15.5 Å². The van der Waals surface area contributed by atoms with Gasteiger partial charge in [0.25, 0.3) is 0 Å². The molecule has 1 aromatic carbocycles. The molecule has 1 fully saturated rings. The number of aryl methyl sites for hydroxylation is 1. The van der Waals surface area contributed by atoms with Crippen LogP contribution in [-0.2, 0) is 27.4 Å². The molecule has 192 valence electrons. The smallest absolute Gasteiger partial charge is 0.323 e. The van der Waals surface area contributed by atoms with Crippen molar-refractivity contribution in [3.63, 3.8) is 0 Å². The zero-order valence-corrected chi connectivity index (χ0v) is 21.6. The molecule has 2 N–H and O–H groups in total. The molecule has 12 heteroatoms. The van der Waals surface area contributed by atoms with Crippen LogP contribution in [-0.4, -0.2) is 65.2 Å². The van der Waals surface area contributed by atoms with Crippen molar-refractivity contribution in [2.75, 3.05) is 35.3 Å². The van der Waals surface area contributed by atoms with E-state index in [-0.39, 0.29) is 11.8 Å². The number of nitrogens with zero attached hydrogens (tertiary/aromatic N) is 5. The highest BCUT2D eigenvalue weighted by Crippen LogP contribution is 2.25. The number of benzene rings is 1. The molecule has 0 bridgehead atoms. The van der Waals surface area contributed by atoms with Gasteiger partial charge in [0.2, 0.25) is 0 Å². The molecule has 11 nitrogen and oxygen atoms in total. The van der Waals surface area contributed by atoms with E-state index in [1.54, 1.807) is 68.3 Å². The second kappa shape index (κ2) is 10.6. The molecule has 1 aliphatic rings. The van der Waals surface area contributed by atoms with E-state index in [1.165, 1.54) is 0 Å². The van der Waals surface area contributed by atoms with Gasteiger partial charge in [-0.3, -0.25) is 4.68 Å². The lowest BCUT2D eigenvalue weighted by atomic mass is 10.2. The Morgan fingerprint density at radius 2 is 1.89 bits per heavy atom. The third-order valence-corrected chi connectivity index (χ3v) is 7.99. The maximum atomic E-state index is 12.6. The molecule has 4 rings (SSSR count). The van der Waals surface area contributed by atoms with Crippen LogP contribution in [0, 0.1) is 0 Å². The second-order valence-corrected chi connectivity index (χ2v) is 11.6. The third-order valence-electron chi connectivity index (χ3n) is 5.86. The molecule has 3 heterocycles. The van der Waals surface area contributed by atoms with Gasteiger partial charge in [-0.25, -0.2) is 23.2 Å². The first-order valence-corrected chi connectivity index (χ1v) is 13.4. The summed E-state index contributed by atoms with van der Waals surface area (Å²) in [5.74, 6) is 0.925. The first kappa shape index (κ1) is 25.6. The number of sulfone groups is 1. The molecule has 1 saturated heterocycles. The van der Waals surface area contributed by atoms with Gasteiger partial charge < -0.3 is 20.3 Å². The summed E-state index contributed by atoms with van der Waals surface area (Å²) >= 11 is 0. The van der Waals surface area contributed by atoms with Crippen molar-refractivity contribution in [3.8, 4) is 11.4 Å². The summed E-state index contributed by atoms with van der Waals surface area (Å²) in [6.07, 6.45) is 3.25. The van der Waals surface area contributed by atoms with Gasteiger partial charge in [0.1, 0.15) is 5.82 Å². The van der Waals surface area contributed by atoms with E-state index >= 15 is 0 Å². The lowest BCUT2D eigenvalue weighted by Crippen LogP contribution is -2.44. The maximum absolute atomic E-state index is 12.6. The Bertz CT molecular complexity index is 1320. The summed E-state index contributed by atoms with van der Waals surface area (Å²) in [6.45, 7) is 7.17. The van der Waals surface area contributed by atoms with E-state index in [4.69, 9.17) is 9.72 Å². The van der Waals surface area contributed by atoms with Crippen molar-refractivity contribution in [3.05, 3.63) is 48.4 Å². The number of rotatable bonds is 7. The average Bonchev–Trinajstić information content (AvgIpc) is 3.23. The fourth-order valence-corrected chi connectivity index (χ4v) is 4.65. The molecule has 1 aliphatic heterocycles. The molecule has 0 unspecified atom stereocenters. The van der Waals surface area contributed by atoms with Crippen molar-refractivity contribution < 1.29 is 17.9 Å². The third kappa shape index (κ3) is 6.18. The van der Waals surface area contributed by atoms with E-state index in [0.717, 1.165) is 0 Å². The van der Waals surface area contributed by atoms with Gasteiger partial charge in [-0.1, -0.05) is 0 Å². The lowest BCUT2D eigenvalue weighted by molar-refractivity contribution is 0.0985. The normalized spacial score (nSPS) is 16.2. The zero-order chi connectivity index (χ0) is 25.9. The molecule has 2 aromatic heterocycles. The number of hydrogen-bond donors (Lipinski definition) is 2. The summed E-state index contributed by atoms with van der Waals surface area (Å²) in [5, 5.41) is 8.99. The van der Waals surface area contributed by atoms with Gasteiger partial charge in [-0.15, -0.1) is 0 Å². The van der Waals surface area contributed by atoms with Crippen molar-refractivity contribution >= 4 is 33.1 Å². The van der Waals surface area contributed by atoms with Crippen molar-refractivity contribution in [1.29, 1.82) is 0 Å². The van der Waals surface area contributed by atoms with Crippen LogP contribution in [0.15, 0.2) is 42.7 Å². The van der Waals surface area contributed by atoms with Crippen LogP contribution in [0.5, 0.6) is 0 Å². The largest absolute Gasteiger partial charge is 0.377 e. The predicted octanol–water partition coefficient (Wildman–Crippen LogP) is 3.07. The Morgan fingerprint density at radius 1 is 1.17 bits per heavy atom. The maximum Gasteiger partial charge on any atom is 0.323 e. The number of anilines is 3.